The lowest BCUT2D eigenvalue weighted by molar-refractivity contribution is -0.384. The average molecular weight is 369 g/mol. The number of anilines is 1. The molecular formula is C20H23N3O4. The summed E-state index contributed by atoms with van der Waals surface area (Å²) >= 11 is 0. The van der Waals surface area contributed by atoms with Gasteiger partial charge in [-0.1, -0.05) is 30.3 Å². The maximum Gasteiger partial charge on any atom is 0.293 e. The molecule has 2 unspecified atom stereocenters. The van der Waals surface area contributed by atoms with Crippen LogP contribution in [0.2, 0.25) is 0 Å². The van der Waals surface area contributed by atoms with E-state index in [4.69, 9.17) is 4.74 Å². The summed E-state index contributed by atoms with van der Waals surface area (Å²) in [7, 11) is 1.49. The van der Waals surface area contributed by atoms with Crippen molar-refractivity contribution in [2.75, 3.05) is 25.5 Å². The lowest BCUT2D eigenvalue weighted by Gasteiger charge is -2.32. The quantitative estimate of drug-likeness (QED) is 0.600. The summed E-state index contributed by atoms with van der Waals surface area (Å²) < 4.78 is 5.98. The number of hydrogen-bond acceptors (Lipinski definition) is 5. The van der Waals surface area contributed by atoms with E-state index in [1.165, 1.54) is 13.1 Å². The van der Waals surface area contributed by atoms with E-state index in [2.05, 4.69) is 10.6 Å². The van der Waals surface area contributed by atoms with Gasteiger partial charge in [0.1, 0.15) is 5.69 Å². The van der Waals surface area contributed by atoms with Gasteiger partial charge in [0, 0.05) is 37.7 Å². The summed E-state index contributed by atoms with van der Waals surface area (Å²) in [6.45, 7) is 1.27. The Morgan fingerprint density at radius 3 is 2.74 bits per heavy atom. The summed E-state index contributed by atoms with van der Waals surface area (Å²) in [6.07, 6.45) is 1.92. The van der Waals surface area contributed by atoms with Crippen LogP contribution in [0, 0.1) is 16.0 Å². The highest BCUT2D eigenvalue weighted by Crippen LogP contribution is 2.34. The Bertz CT molecular complexity index is 810. The van der Waals surface area contributed by atoms with E-state index in [0.717, 1.165) is 25.0 Å². The van der Waals surface area contributed by atoms with Gasteiger partial charge in [0.2, 0.25) is 0 Å². The molecule has 2 aromatic rings. The topological polar surface area (TPSA) is 93.5 Å². The van der Waals surface area contributed by atoms with Crippen molar-refractivity contribution in [3.8, 4) is 0 Å². The van der Waals surface area contributed by atoms with Crippen LogP contribution in [0.25, 0.3) is 0 Å². The van der Waals surface area contributed by atoms with Crippen LogP contribution in [0.5, 0.6) is 0 Å². The van der Waals surface area contributed by atoms with Gasteiger partial charge in [-0.05, 0) is 30.5 Å². The summed E-state index contributed by atoms with van der Waals surface area (Å²) in [5, 5.41) is 17.1. The molecule has 7 heteroatoms. The Hall–Kier alpha value is -2.93. The van der Waals surface area contributed by atoms with Gasteiger partial charge >= 0.3 is 0 Å². The molecule has 0 radical (unpaired) electrons. The Labute approximate surface area is 157 Å². The van der Waals surface area contributed by atoms with E-state index in [9.17, 15) is 14.9 Å². The Morgan fingerprint density at radius 2 is 2.04 bits per heavy atom. The van der Waals surface area contributed by atoms with Crippen LogP contribution in [0.4, 0.5) is 11.4 Å². The van der Waals surface area contributed by atoms with Gasteiger partial charge in [-0.3, -0.25) is 14.9 Å². The second-order valence-corrected chi connectivity index (χ2v) is 6.55. The van der Waals surface area contributed by atoms with Gasteiger partial charge in [-0.2, -0.15) is 0 Å². The van der Waals surface area contributed by atoms with Gasteiger partial charge in [-0.15, -0.1) is 0 Å². The van der Waals surface area contributed by atoms with Crippen LogP contribution in [0.1, 0.15) is 34.9 Å². The number of nitro groups is 1. The molecule has 2 atom stereocenters. The lowest BCUT2D eigenvalue weighted by atomic mass is 9.89. The number of hydrogen-bond donors (Lipinski definition) is 2. The van der Waals surface area contributed by atoms with E-state index in [0.29, 0.717) is 12.2 Å². The summed E-state index contributed by atoms with van der Waals surface area (Å²) in [5.74, 6) is -0.145. The molecule has 1 saturated heterocycles. The molecule has 142 valence electrons. The molecule has 1 amide bonds. The van der Waals surface area contributed by atoms with Gasteiger partial charge in [0.05, 0.1) is 11.0 Å². The number of amides is 1. The standard InChI is InChI=1S/C20H23N3O4/c1-21-20(24)15-9-10-17(18(12-15)23(25)26)22-13-16-8-5-11-27-19(16)14-6-3-2-4-7-14/h2-4,6-7,9-10,12,16,19,22H,5,8,11,13H2,1H3,(H,21,24). The number of nitro benzene ring substituents is 1. The molecule has 3 rings (SSSR count). The molecule has 1 fully saturated rings. The lowest BCUT2D eigenvalue weighted by Crippen LogP contribution is -2.28. The van der Waals surface area contributed by atoms with Crippen molar-refractivity contribution in [2.24, 2.45) is 5.92 Å². The first-order valence-corrected chi connectivity index (χ1v) is 9.01. The first-order valence-electron chi connectivity index (χ1n) is 9.01. The van der Waals surface area contributed by atoms with Crippen LogP contribution in [0.3, 0.4) is 0 Å². The molecule has 1 aliphatic heterocycles. The van der Waals surface area contributed by atoms with Crippen molar-refractivity contribution in [1.29, 1.82) is 0 Å². The van der Waals surface area contributed by atoms with Crippen molar-refractivity contribution >= 4 is 17.3 Å². The Balaban J connectivity index is 1.76. The van der Waals surface area contributed by atoms with Crippen LogP contribution >= 0.6 is 0 Å². The third-order valence-corrected chi connectivity index (χ3v) is 4.81. The molecule has 0 aliphatic carbocycles. The van der Waals surface area contributed by atoms with Gasteiger partial charge in [-0.25, -0.2) is 0 Å². The normalized spacial score (nSPS) is 19.3. The van der Waals surface area contributed by atoms with Crippen molar-refractivity contribution in [3.63, 3.8) is 0 Å². The second-order valence-electron chi connectivity index (χ2n) is 6.55. The minimum absolute atomic E-state index is 0.0309. The average Bonchev–Trinajstić information content (AvgIpc) is 2.72. The monoisotopic (exact) mass is 369 g/mol. The predicted molar refractivity (Wildman–Crippen MR) is 103 cm³/mol. The number of nitrogens with one attached hydrogen (secondary N) is 2. The first kappa shape index (κ1) is 18.8. The van der Waals surface area contributed by atoms with E-state index in [1.807, 2.05) is 30.3 Å². The zero-order valence-electron chi connectivity index (χ0n) is 15.2. The molecule has 0 saturated carbocycles. The number of ether oxygens (including phenoxy) is 1. The maximum atomic E-state index is 11.7. The molecule has 1 heterocycles. The highest BCUT2D eigenvalue weighted by molar-refractivity contribution is 5.95. The summed E-state index contributed by atoms with van der Waals surface area (Å²) in [4.78, 5) is 22.7. The van der Waals surface area contributed by atoms with Crippen LogP contribution in [-0.2, 0) is 4.74 Å². The van der Waals surface area contributed by atoms with E-state index in [1.54, 1.807) is 12.1 Å². The van der Waals surface area contributed by atoms with Crippen molar-refractivity contribution in [1.82, 2.24) is 5.32 Å². The Kier molecular flexibility index (Phi) is 6.03. The van der Waals surface area contributed by atoms with Crippen LogP contribution in [0.15, 0.2) is 48.5 Å². The number of rotatable bonds is 6. The highest BCUT2D eigenvalue weighted by atomic mass is 16.6. The molecule has 27 heavy (non-hydrogen) atoms. The number of nitrogens with zero attached hydrogens (tertiary/aromatic N) is 1. The third-order valence-electron chi connectivity index (χ3n) is 4.81. The SMILES string of the molecule is CNC(=O)c1ccc(NCC2CCCOC2c2ccccc2)c([N+](=O)[O-])c1. The van der Waals surface area contributed by atoms with Crippen LogP contribution < -0.4 is 10.6 Å². The van der Waals surface area contributed by atoms with Crippen LogP contribution in [-0.4, -0.2) is 31.0 Å². The number of carbonyl (C=O) groups is 1. The smallest absolute Gasteiger partial charge is 0.293 e. The van der Waals surface area contributed by atoms with E-state index in [-0.39, 0.29) is 29.2 Å². The van der Waals surface area contributed by atoms with Crippen molar-refractivity contribution in [3.05, 3.63) is 69.8 Å². The van der Waals surface area contributed by atoms with Crippen molar-refractivity contribution < 1.29 is 14.5 Å². The van der Waals surface area contributed by atoms with Gasteiger partial charge < -0.3 is 15.4 Å². The zero-order chi connectivity index (χ0) is 19.2. The van der Waals surface area contributed by atoms with E-state index >= 15 is 0 Å². The predicted octanol–water partition coefficient (Wildman–Crippen LogP) is 3.53. The molecule has 7 nitrogen and oxygen atoms in total. The molecule has 0 aromatic heterocycles. The zero-order valence-corrected chi connectivity index (χ0v) is 15.2. The minimum Gasteiger partial charge on any atom is -0.379 e. The molecule has 1 aliphatic rings. The summed E-state index contributed by atoms with van der Waals surface area (Å²) in [6, 6.07) is 14.5. The fourth-order valence-electron chi connectivity index (χ4n) is 3.42. The van der Waals surface area contributed by atoms with E-state index < -0.39 is 4.92 Å². The first-order chi connectivity index (χ1) is 13.1. The molecule has 0 spiro atoms. The number of carbonyl (C=O) groups excluding carboxylic acids is 1. The minimum atomic E-state index is -0.471. The fourth-order valence-corrected chi connectivity index (χ4v) is 3.42. The van der Waals surface area contributed by atoms with Gasteiger partial charge in [0.15, 0.2) is 0 Å². The highest BCUT2D eigenvalue weighted by Gasteiger charge is 2.28. The molecule has 0 bridgehead atoms. The molecular weight excluding hydrogens is 346 g/mol. The third kappa shape index (κ3) is 4.43. The maximum absolute atomic E-state index is 11.7. The molecule has 2 aromatic carbocycles. The van der Waals surface area contributed by atoms with Gasteiger partial charge in [0.25, 0.3) is 11.6 Å². The Morgan fingerprint density at radius 1 is 1.26 bits per heavy atom. The van der Waals surface area contributed by atoms with Crippen molar-refractivity contribution in [2.45, 2.75) is 18.9 Å². The largest absolute Gasteiger partial charge is 0.379 e. The fraction of sp³-hybridized carbons (Fsp3) is 0.350. The molecule has 2 N–H and O–H groups in total. The second kappa shape index (κ2) is 8.64. The number of benzene rings is 2. The summed E-state index contributed by atoms with van der Waals surface area (Å²) in [5.41, 5.74) is 1.68.